The molecule has 110 valence electrons. The van der Waals surface area contributed by atoms with E-state index in [1.54, 1.807) is 0 Å². The van der Waals surface area contributed by atoms with Gasteiger partial charge < -0.3 is 20.7 Å². The van der Waals surface area contributed by atoms with Crippen LogP contribution in [0.5, 0.6) is 0 Å². The lowest BCUT2D eigenvalue weighted by Gasteiger charge is -2.11. The van der Waals surface area contributed by atoms with Crippen molar-refractivity contribution in [3.8, 4) is 0 Å². The van der Waals surface area contributed by atoms with Crippen LogP contribution in [-0.4, -0.2) is 45.4 Å². The van der Waals surface area contributed by atoms with E-state index in [9.17, 15) is 14.4 Å². The minimum Gasteiger partial charge on any atom is -0.480 e. The number of imidazole rings is 1. The van der Waals surface area contributed by atoms with E-state index in [1.165, 1.54) is 19.4 Å². The van der Waals surface area contributed by atoms with Crippen molar-refractivity contribution >= 4 is 17.8 Å². The number of carbonyl (C=O) groups excluding carboxylic acids is 2. The quantitative estimate of drug-likeness (QED) is 0.589. The third-order valence-electron chi connectivity index (χ3n) is 2.56. The minimum absolute atomic E-state index is 0.203. The summed E-state index contributed by atoms with van der Waals surface area (Å²) in [6.07, 6.45) is 4.95. The molecule has 1 fully saturated rings. The molecule has 0 saturated carbocycles. The number of rotatable bonds is 4. The van der Waals surface area contributed by atoms with E-state index >= 15 is 0 Å². The zero-order valence-corrected chi connectivity index (χ0v) is 11.2. The SMILES string of the molecule is CC(=O)N[C@@H](Cc1cnc[nH]1)C(=O)O.O=C1CCCN1. The smallest absolute Gasteiger partial charge is 0.326 e. The van der Waals surface area contributed by atoms with Crippen molar-refractivity contribution in [2.75, 3.05) is 6.54 Å². The molecule has 0 unspecified atom stereocenters. The van der Waals surface area contributed by atoms with E-state index in [0.29, 0.717) is 5.69 Å². The van der Waals surface area contributed by atoms with Gasteiger partial charge in [0.25, 0.3) is 0 Å². The first-order valence-corrected chi connectivity index (χ1v) is 6.23. The second-order valence-corrected chi connectivity index (χ2v) is 4.33. The lowest BCUT2D eigenvalue weighted by Crippen LogP contribution is -2.41. The Balaban J connectivity index is 0.000000276. The molecule has 1 aromatic rings. The van der Waals surface area contributed by atoms with E-state index in [4.69, 9.17) is 5.11 Å². The molecule has 2 amide bonds. The highest BCUT2D eigenvalue weighted by Gasteiger charge is 2.19. The van der Waals surface area contributed by atoms with Gasteiger partial charge in [-0.2, -0.15) is 0 Å². The van der Waals surface area contributed by atoms with Crippen molar-refractivity contribution in [3.63, 3.8) is 0 Å². The molecule has 8 nitrogen and oxygen atoms in total. The van der Waals surface area contributed by atoms with Crippen LogP contribution in [0.25, 0.3) is 0 Å². The molecule has 4 N–H and O–H groups in total. The van der Waals surface area contributed by atoms with Crippen molar-refractivity contribution in [2.24, 2.45) is 0 Å². The van der Waals surface area contributed by atoms with E-state index < -0.39 is 12.0 Å². The minimum atomic E-state index is -1.06. The molecule has 1 aromatic heterocycles. The Morgan fingerprint density at radius 1 is 1.55 bits per heavy atom. The first-order valence-electron chi connectivity index (χ1n) is 6.23. The molecule has 1 saturated heterocycles. The fraction of sp³-hybridized carbons (Fsp3) is 0.500. The molecule has 0 bridgehead atoms. The number of carboxylic acid groups (broad SMARTS) is 1. The molecule has 2 rings (SSSR count). The van der Waals surface area contributed by atoms with Crippen LogP contribution in [0, 0.1) is 0 Å². The average molecular weight is 282 g/mol. The van der Waals surface area contributed by atoms with Gasteiger partial charge in [-0.3, -0.25) is 9.59 Å². The second-order valence-electron chi connectivity index (χ2n) is 4.33. The number of carbonyl (C=O) groups is 3. The first-order chi connectivity index (χ1) is 9.49. The van der Waals surface area contributed by atoms with E-state index in [1.807, 2.05) is 0 Å². The molecule has 1 aliphatic rings. The summed E-state index contributed by atoms with van der Waals surface area (Å²) in [5.41, 5.74) is 0.672. The summed E-state index contributed by atoms with van der Waals surface area (Å²) in [4.78, 5) is 38.1. The molecule has 0 aliphatic carbocycles. The van der Waals surface area contributed by atoms with Crippen LogP contribution in [0.1, 0.15) is 25.5 Å². The van der Waals surface area contributed by atoms with Gasteiger partial charge in [-0.15, -0.1) is 0 Å². The second kappa shape index (κ2) is 7.93. The van der Waals surface area contributed by atoms with E-state index in [0.717, 1.165) is 19.4 Å². The fourth-order valence-corrected chi connectivity index (χ4v) is 1.63. The summed E-state index contributed by atoms with van der Waals surface area (Å²) in [7, 11) is 0. The number of H-pyrrole nitrogens is 1. The van der Waals surface area contributed by atoms with Gasteiger partial charge >= 0.3 is 5.97 Å². The number of aromatic amines is 1. The fourth-order valence-electron chi connectivity index (χ4n) is 1.63. The van der Waals surface area contributed by atoms with Gasteiger partial charge in [0.05, 0.1) is 6.33 Å². The van der Waals surface area contributed by atoms with Crippen LogP contribution in [0.15, 0.2) is 12.5 Å². The third-order valence-corrected chi connectivity index (χ3v) is 2.56. The largest absolute Gasteiger partial charge is 0.480 e. The Hall–Kier alpha value is -2.38. The molecule has 8 heteroatoms. The van der Waals surface area contributed by atoms with Crippen LogP contribution >= 0.6 is 0 Å². The molecular weight excluding hydrogens is 264 g/mol. The first kappa shape index (κ1) is 15.7. The maximum Gasteiger partial charge on any atom is 0.326 e. The Kier molecular flexibility index (Phi) is 6.21. The van der Waals surface area contributed by atoms with Gasteiger partial charge in [-0.05, 0) is 6.42 Å². The topological polar surface area (TPSA) is 124 Å². The standard InChI is InChI=1S/C8H11N3O3.C4H7NO/c1-5(12)11-7(8(13)14)2-6-3-9-4-10-6;6-4-2-1-3-5-4/h3-4,7H,2H2,1H3,(H,9,10)(H,11,12)(H,13,14);1-3H2,(H,5,6)/t7-;/m0./s1. The molecule has 1 aliphatic heterocycles. The van der Waals surface area contributed by atoms with Gasteiger partial charge in [-0.1, -0.05) is 0 Å². The Bertz CT molecular complexity index is 450. The predicted octanol–water partition coefficient (Wildman–Crippen LogP) is -0.562. The Morgan fingerprint density at radius 3 is 2.65 bits per heavy atom. The molecule has 0 aromatic carbocycles. The zero-order chi connectivity index (χ0) is 15.0. The lowest BCUT2D eigenvalue weighted by atomic mass is 10.1. The number of nitrogens with one attached hydrogen (secondary N) is 3. The summed E-state index contributed by atoms with van der Waals surface area (Å²) < 4.78 is 0. The number of carboxylic acids is 1. The maximum absolute atomic E-state index is 10.7. The monoisotopic (exact) mass is 282 g/mol. The van der Waals surface area contributed by atoms with Gasteiger partial charge in [0.2, 0.25) is 11.8 Å². The number of nitrogens with zero attached hydrogens (tertiary/aromatic N) is 1. The molecule has 1 atom stereocenters. The van der Waals surface area contributed by atoms with Crippen LogP contribution in [0.2, 0.25) is 0 Å². The summed E-state index contributed by atoms with van der Waals surface area (Å²) >= 11 is 0. The van der Waals surface area contributed by atoms with Crippen LogP contribution in [0.4, 0.5) is 0 Å². The third kappa shape index (κ3) is 5.98. The van der Waals surface area contributed by atoms with Crippen molar-refractivity contribution in [2.45, 2.75) is 32.2 Å². The van der Waals surface area contributed by atoms with Gasteiger partial charge in [0.15, 0.2) is 0 Å². The lowest BCUT2D eigenvalue weighted by molar-refractivity contribution is -0.141. The van der Waals surface area contributed by atoms with E-state index in [2.05, 4.69) is 20.6 Å². The van der Waals surface area contributed by atoms with Crippen molar-refractivity contribution in [3.05, 3.63) is 18.2 Å². The number of hydrogen-bond acceptors (Lipinski definition) is 4. The molecule has 2 heterocycles. The highest BCUT2D eigenvalue weighted by atomic mass is 16.4. The Labute approximate surface area is 116 Å². The van der Waals surface area contributed by atoms with Crippen molar-refractivity contribution in [1.29, 1.82) is 0 Å². The molecule has 20 heavy (non-hydrogen) atoms. The zero-order valence-electron chi connectivity index (χ0n) is 11.2. The van der Waals surface area contributed by atoms with Gasteiger partial charge in [0.1, 0.15) is 6.04 Å². The number of aliphatic carboxylic acids is 1. The van der Waals surface area contributed by atoms with Crippen LogP contribution in [-0.2, 0) is 20.8 Å². The van der Waals surface area contributed by atoms with Crippen LogP contribution < -0.4 is 10.6 Å². The highest BCUT2D eigenvalue weighted by molar-refractivity contribution is 5.82. The summed E-state index contributed by atoms with van der Waals surface area (Å²) in [5.74, 6) is -1.22. The maximum atomic E-state index is 10.7. The van der Waals surface area contributed by atoms with Gasteiger partial charge in [0, 0.05) is 38.2 Å². The average Bonchev–Trinajstić information content (AvgIpc) is 3.01. The summed E-state index contributed by atoms with van der Waals surface area (Å²) in [6.45, 7) is 2.17. The van der Waals surface area contributed by atoms with Crippen molar-refractivity contribution < 1.29 is 19.5 Å². The summed E-state index contributed by atoms with van der Waals surface area (Å²) in [5, 5.41) is 13.8. The number of hydrogen-bond donors (Lipinski definition) is 4. The van der Waals surface area contributed by atoms with Crippen molar-refractivity contribution in [1.82, 2.24) is 20.6 Å². The molecule has 0 spiro atoms. The number of aromatic nitrogens is 2. The number of amides is 2. The van der Waals surface area contributed by atoms with Gasteiger partial charge in [-0.25, -0.2) is 9.78 Å². The predicted molar refractivity (Wildman–Crippen MR) is 69.8 cm³/mol. The molecule has 0 radical (unpaired) electrons. The highest BCUT2D eigenvalue weighted by Crippen LogP contribution is 1.98. The Morgan fingerprint density at radius 2 is 2.30 bits per heavy atom. The summed E-state index contributed by atoms with van der Waals surface area (Å²) in [6, 6.07) is -0.909. The van der Waals surface area contributed by atoms with Crippen LogP contribution in [0.3, 0.4) is 0 Å². The molecular formula is C12H18N4O4. The normalized spacial score (nSPS) is 14.8. The van der Waals surface area contributed by atoms with E-state index in [-0.39, 0.29) is 18.2 Å².